The highest BCUT2D eigenvalue weighted by molar-refractivity contribution is 5.90. The Hall–Kier alpha value is -3.12. The molecule has 0 spiro atoms. The summed E-state index contributed by atoms with van der Waals surface area (Å²) >= 11 is 0. The van der Waals surface area contributed by atoms with Gasteiger partial charge in [0.2, 0.25) is 5.91 Å². The number of anilines is 2. The predicted octanol–water partition coefficient (Wildman–Crippen LogP) is 3.24. The lowest BCUT2D eigenvalue weighted by Gasteiger charge is -2.23. The predicted molar refractivity (Wildman–Crippen MR) is 112 cm³/mol. The van der Waals surface area contributed by atoms with Gasteiger partial charge in [0.25, 0.3) is 0 Å². The first-order valence-electron chi connectivity index (χ1n) is 9.68. The molecule has 0 unspecified atom stereocenters. The van der Waals surface area contributed by atoms with Crippen LogP contribution in [0.5, 0.6) is 0 Å². The molecule has 1 saturated heterocycles. The van der Waals surface area contributed by atoms with Gasteiger partial charge in [-0.25, -0.2) is 4.68 Å². The number of hydrogen-bond acceptors (Lipinski definition) is 4. The molecule has 1 aliphatic rings. The minimum absolute atomic E-state index is 0.0781. The molecule has 28 heavy (non-hydrogen) atoms. The van der Waals surface area contributed by atoms with Crippen molar-refractivity contribution in [3.05, 3.63) is 66.2 Å². The van der Waals surface area contributed by atoms with E-state index in [9.17, 15) is 4.79 Å². The van der Waals surface area contributed by atoms with Gasteiger partial charge in [-0.05, 0) is 49.5 Å². The average molecular weight is 375 g/mol. The smallest absolute Gasteiger partial charge is 0.246 e. The Labute approximate surface area is 164 Å². The summed E-state index contributed by atoms with van der Waals surface area (Å²) in [6, 6.07) is 19.7. The molecule has 0 saturated carbocycles. The Bertz CT molecular complexity index is 927. The van der Waals surface area contributed by atoms with E-state index < -0.39 is 0 Å². The maximum atomic E-state index is 12.4. The van der Waals surface area contributed by atoms with E-state index in [0.717, 1.165) is 42.9 Å². The Kier molecular flexibility index (Phi) is 5.39. The molecule has 1 aromatic heterocycles. The van der Waals surface area contributed by atoms with Crippen molar-refractivity contribution in [1.82, 2.24) is 15.1 Å². The van der Waals surface area contributed by atoms with Crippen LogP contribution in [0.3, 0.4) is 0 Å². The fraction of sp³-hybridized carbons (Fsp3) is 0.273. The van der Waals surface area contributed by atoms with Crippen molar-refractivity contribution < 1.29 is 4.79 Å². The number of nitrogens with zero attached hydrogens (tertiary/aromatic N) is 2. The topological polar surface area (TPSA) is 85.0 Å². The molecule has 0 aliphatic carbocycles. The number of nitrogen functional groups attached to an aromatic ring is 1. The molecule has 4 rings (SSSR count). The largest absolute Gasteiger partial charge is 0.384 e. The number of nitrogens with one attached hydrogen (secondary N) is 2. The van der Waals surface area contributed by atoms with Crippen LogP contribution in [0.15, 0.2) is 60.7 Å². The van der Waals surface area contributed by atoms with Crippen LogP contribution >= 0.6 is 0 Å². The highest BCUT2D eigenvalue weighted by Gasteiger charge is 2.15. The summed E-state index contributed by atoms with van der Waals surface area (Å²) in [6.45, 7) is 2.22. The summed E-state index contributed by atoms with van der Waals surface area (Å²) in [6.07, 6.45) is 2.32. The summed E-state index contributed by atoms with van der Waals surface area (Å²) < 4.78 is 1.53. The standard InChI is InChI=1S/C22H25N5O/c23-21-14-20(18-4-2-1-3-5-18)26-27(21)15-22(28)25-19-8-6-16(7-9-19)17-10-12-24-13-11-17/h1-9,14,17,24H,10-13,15,23H2,(H,25,28). The fourth-order valence-corrected chi connectivity index (χ4v) is 3.64. The van der Waals surface area contributed by atoms with Crippen molar-refractivity contribution in [3.8, 4) is 11.3 Å². The second-order valence-corrected chi connectivity index (χ2v) is 7.17. The lowest BCUT2D eigenvalue weighted by atomic mass is 9.90. The second-order valence-electron chi connectivity index (χ2n) is 7.17. The number of rotatable bonds is 5. The van der Waals surface area contributed by atoms with Crippen LogP contribution < -0.4 is 16.4 Å². The average Bonchev–Trinajstić information content (AvgIpc) is 3.10. The zero-order valence-corrected chi connectivity index (χ0v) is 15.8. The Balaban J connectivity index is 1.38. The van der Waals surface area contributed by atoms with E-state index in [-0.39, 0.29) is 12.5 Å². The molecule has 0 bridgehead atoms. The summed E-state index contributed by atoms with van der Waals surface area (Å²) in [4.78, 5) is 12.4. The number of benzene rings is 2. The first-order valence-corrected chi connectivity index (χ1v) is 9.68. The van der Waals surface area contributed by atoms with Gasteiger partial charge in [-0.1, -0.05) is 42.5 Å². The van der Waals surface area contributed by atoms with Crippen molar-refractivity contribution in [1.29, 1.82) is 0 Å². The molecule has 2 aromatic carbocycles. The van der Waals surface area contributed by atoms with E-state index in [1.165, 1.54) is 10.2 Å². The van der Waals surface area contributed by atoms with Gasteiger partial charge in [0, 0.05) is 17.3 Å². The highest BCUT2D eigenvalue weighted by Crippen LogP contribution is 2.26. The fourth-order valence-electron chi connectivity index (χ4n) is 3.64. The normalized spacial score (nSPS) is 14.7. The SMILES string of the molecule is Nc1cc(-c2ccccc2)nn1CC(=O)Nc1ccc(C2CCNCC2)cc1. The van der Waals surface area contributed by atoms with Crippen molar-refractivity contribution in [2.75, 3.05) is 24.1 Å². The molecule has 2 heterocycles. The molecule has 3 aromatic rings. The van der Waals surface area contributed by atoms with Crippen molar-refractivity contribution in [2.45, 2.75) is 25.3 Å². The monoisotopic (exact) mass is 375 g/mol. The van der Waals surface area contributed by atoms with Crippen LogP contribution in [0, 0.1) is 0 Å². The number of carbonyl (C=O) groups excluding carboxylic acids is 1. The highest BCUT2D eigenvalue weighted by atomic mass is 16.2. The maximum absolute atomic E-state index is 12.4. The van der Waals surface area contributed by atoms with Crippen molar-refractivity contribution in [2.24, 2.45) is 0 Å². The zero-order chi connectivity index (χ0) is 19.3. The number of carbonyl (C=O) groups is 1. The number of aromatic nitrogens is 2. The summed E-state index contributed by atoms with van der Waals surface area (Å²) in [5.74, 6) is 0.922. The van der Waals surface area contributed by atoms with E-state index >= 15 is 0 Å². The van der Waals surface area contributed by atoms with Crippen LogP contribution in [0.4, 0.5) is 11.5 Å². The second kappa shape index (κ2) is 8.27. The third-order valence-corrected chi connectivity index (χ3v) is 5.18. The maximum Gasteiger partial charge on any atom is 0.246 e. The van der Waals surface area contributed by atoms with Crippen LogP contribution in [-0.2, 0) is 11.3 Å². The molecule has 1 fully saturated rings. The van der Waals surface area contributed by atoms with Crippen LogP contribution in [0.25, 0.3) is 11.3 Å². The van der Waals surface area contributed by atoms with Crippen molar-refractivity contribution in [3.63, 3.8) is 0 Å². The summed E-state index contributed by atoms with van der Waals surface area (Å²) in [7, 11) is 0. The van der Waals surface area contributed by atoms with E-state index in [1.54, 1.807) is 6.07 Å². The minimum atomic E-state index is -0.149. The summed E-state index contributed by atoms with van der Waals surface area (Å²) in [5, 5.41) is 10.8. The van der Waals surface area contributed by atoms with E-state index in [0.29, 0.717) is 11.7 Å². The molecule has 1 amide bonds. The van der Waals surface area contributed by atoms with Gasteiger partial charge in [-0.3, -0.25) is 4.79 Å². The molecular formula is C22H25N5O. The number of hydrogen-bond donors (Lipinski definition) is 3. The third kappa shape index (κ3) is 4.23. The van der Waals surface area contributed by atoms with E-state index in [2.05, 4.69) is 27.9 Å². The van der Waals surface area contributed by atoms with Gasteiger partial charge in [-0.2, -0.15) is 5.10 Å². The van der Waals surface area contributed by atoms with E-state index in [4.69, 9.17) is 5.73 Å². The van der Waals surface area contributed by atoms with Crippen LogP contribution in [-0.4, -0.2) is 28.8 Å². The lowest BCUT2D eigenvalue weighted by molar-refractivity contribution is -0.116. The lowest BCUT2D eigenvalue weighted by Crippen LogP contribution is -2.26. The molecule has 1 aliphatic heterocycles. The molecule has 6 nitrogen and oxygen atoms in total. The first-order chi connectivity index (χ1) is 13.7. The van der Waals surface area contributed by atoms with Gasteiger partial charge < -0.3 is 16.4 Å². The van der Waals surface area contributed by atoms with Gasteiger partial charge >= 0.3 is 0 Å². The van der Waals surface area contributed by atoms with Gasteiger partial charge in [0.1, 0.15) is 12.4 Å². The van der Waals surface area contributed by atoms with Crippen molar-refractivity contribution >= 4 is 17.4 Å². The van der Waals surface area contributed by atoms with Gasteiger partial charge in [-0.15, -0.1) is 0 Å². The minimum Gasteiger partial charge on any atom is -0.384 e. The summed E-state index contributed by atoms with van der Waals surface area (Å²) in [5.41, 5.74) is 9.90. The van der Waals surface area contributed by atoms with Gasteiger partial charge in [0.05, 0.1) is 5.69 Å². The van der Waals surface area contributed by atoms with E-state index in [1.807, 2.05) is 42.5 Å². The third-order valence-electron chi connectivity index (χ3n) is 5.18. The Morgan fingerprint density at radius 2 is 1.82 bits per heavy atom. The molecular weight excluding hydrogens is 350 g/mol. The molecule has 6 heteroatoms. The number of nitrogens with two attached hydrogens (primary N) is 1. The molecule has 0 radical (unpaired) electrons. The molecule has 0 atom stereocenters. The Morgan fingerprint density at radius 1 is 1.11 bits per heavy atom. The molecule has 4 N–H and O–H groups in total. The molecule has 144 valence electrons. The zero-order valence-electron chi connectivity index (χ0n) is 15.8. The first kappa shape index (κ1) is 18.3. The Morgan fingerprint density at radius 3 is 2.54 bits per heavy atom. The van der Waals surface area contributed by atoms with Gasteiger partial charge in [0.15, 0.2) is 0 Å². The van der Waals surface area contributed by atoms with Crippen LogP contribution in [0.1, 0.15) is 24.3 Å². The quantitative estimate of drug-likeness (QED) is 0.639. The number of piperidine rings is 1. The number of amides is 1. The van der Waals surface area contributed by atoms with Crippen LogP contribution in [0.2, 0.25) is 0 Å².